The topological polar surface area (TPSA) is 116 Å². The molecule has 0 aliphatic heterocycles. The van der Waals surface area contributed by atoms with Crippen LogP contribution in [0.25, 0.3) is 0 Å². The van der Waals surface area contributed by atoms with Crippen LogP contribution in [0.5, 0.6) is 0 Å². The number of halogens is 2. The molecule has 0 aromatic heterocycles. The molecule has 0 fully saturated rings. The van der Waals surface area contributed by atoms with E-state index in [4.69, 9.17) is 0 Å². The van der Waals surface area contributed by atoms with Crippen LogP contribution in [-0.4, -0.2) is 29.5 Å². The molecular weight excluding hydrogens is 475 g/mol. The molecule has 1 N–H and O–H groups in total. The summed E-state index contributed by atoms with van der Waals surface area (Å²) in [6.07, 6.45) is 15.7. The fourth-order valence-corrected chi connectivity index (χ4v) is 3.49. The number of rotatable bonds is 20. The Bertz CT molecular complexity index is 494. The summed E-state index contributed by atoms with van der Waals surface area (Å²) in [5.74, 6) is -0.646. The molecule has 0 bridgehead atoms. The Morgan fingerprint density at radius 2 is 1.36 bits per heavy atom. The molecule has 6 nitrogen and oxygen atoms in total. The molecule has 0 amide bonds. The summed E-state index contributed by atoms with van der Waals surface area (Å²) < 4.78 is 30.7. The number of aliphatic hydroxyl groups is 1. The van der Waals surface area contributed by atoms with Crippen molar-refractivity contribution in [3.8, 4) is 0 Å². The fraction of sp³-hybridized carbons (Fsp3) is 0.864. The van der Waals surface area contributed by atoms with E-state index in [-0.39, 0.29) is 65.5 Å². The second-order valence-electron chi connectivity index (χ2n) is 8.04. The van der Waals surface area contributed by atoms with Crippen molar-refractivity contribution in [2.24, 2.45) is 0 Å². The van der Waals surface area contributed by atoms with Gasteiger partial charge in [-0.3, -0.25) is 4.79 Å². The van der Waals surface area contributed by atoms with Gasteiger partial charge in [-0.1, -0.05) is 78.4 Å². The SMILES string of the molecule is CCCCCCCC/C=C\CCCCCCCC(=O)OC[C@H](O)CC(F)(F)[P+]([O-])([O-])[O-].[Na+].[Na+]. The Balaban J connectivity index is -0.00000450. The van der Waals surface area contributed by atoms with Gasteiger partial charge in [-0.15, -0.1) is 0 Å². The number of ether oxygens (including phenoxy) is 1. The van der Waals surface area contributed by atoms with Crippen LogP contribution in [0.2, 0.25) is 0 Å². The Hall–Kier alpha value is 1.34. The number of esters is 1. The zero-order valence-electron chi connectivity index (χ0n) is 20.7. The van der Waals surface area contributed by atoms with E-state index in [1.54, 1.807) is 0 Å². The Morgan fingerprint density at radius 3 is 1.85 bits per heavy atom. The summed E-state index contributed by atoms with van der Waals surface area (Å²) in [4.78, 5) is 42.7. The number of carbonyl (C=O) groups excluding carboxylic acids is 1. The van der Waals surface area contributed by atoms with Crippen molar-refractivity contribution in [2.45, 2.75) is 115 Å². The third kappa shape index (κ3) is 23.5. The summed E-state index contributed by atoms with van der Waals surface area (Å²) in [5.41, 5.74) is -4.57. The number of unbranched alkanes of at least 4 members (excludes halogenated alkanes) is 11. The molecule has 0 spiro atoms. The standard InChI is InChI=1S/C22H41F2O6P.2Na/c1-2-3-4-5-6-7-8-9-10-11-12-13-14-15-16-17-21(26)30-19-20(25)18-22(23,24)31(27,28)29;;/h9-10,20,25H,2-8,11-19H2,1H3,(H2,27,28,29);;/q;2*+1/p-2/b10-9-;;/t20-;;/m1../s1. The van der Waals surface area contributed by atoms with E-state index in [0.29, 0.717) is 6.42 Å². The first-order valence-electron chi connectivity index (χ1n) is 11.5. The number of alkyl halides is 2. The third-order valence-corrected chi connectivity index (χ3v) is 5.95. The van der Waals surface area contributed by atoms with Crippen molar-refractivity contribution < 1.29 is 97.2 Å². The molecular formula is C22H39F2Na2O6P. The molecule has 0 aliphatic rings. The minimum Gasteiger partial charge on any atom is -0.683 e. The molecule has 1 atom stereocenters. The molecule has 0 aromatic carbocycles. The summed E-state index contributed by atoms with van der Waals surface area (Å²) >= 11 is 0. The smallest absolute Gasteiger partial charge is 0.683 e. The molecule has 184 valence electrons. The van der Waals surface area contributed by atoms with Gasteiger partial charge in [0, 0.05) is 6.42 Å². The second kappa shape index (κ2) is 23.7. The second-order valence-corrected chi connectivity index (χ2v) is 9.69. The van der Waals surface area contributed by atoms with E-state index < -0.39 is 38.7 Å². The summed E-state index contributed by atoms with van der Waals surface area (Å²) in [6.45, 7) is 1.46. The maximum absolute atomic E-state index is 13.0. The zero-order chi connectivity index (χ0) is 23.6. The van der Waals surface area contributed by atoms with E-state index >= 15 is 0 Å². The maximum atomic E-state index is 13.0. The molecule has 0 radical (unpaired) electrons. The third-order valence-electron chi connectivity index (χ3n) is 4.96. The van der Waals surface area contributed by atoms with Crippen molar-refractivity contribution in [1.29, 1.82) is 0 Å². The van der Waals surface area contributed by atoms with Gasteiger partial charge in [-0.05, 0) is 32.1 Å². The molecule has 0 saturated carbocycles. The van der Waals surface area contributed by atoms with Crippen LogP contribution in [0.3, 0.4) is 0 Å². The molecule has 0 heterocycles. The van der Waals surface area contributed by atoms with Gasteiger partial charge in [-0.2, -0.15) is 8.78 Å². The van der Waals surface area contributed by atoms with Gasteiger partial charge in [0.25, 0.3) is 0 Å². The van der Waals surface area contributed by atoms with Crippen molar-refractivity contribution in [3.63, 3.8) is 0 Å². The van der Waals surface area contributed by atoms with Crippen molar-refractivity contribution >= 4 is 13.9 Å². The van der Waals surface area contributed by atoms with Gasteiger partial charge in [0.15, 0.2) is 0 Å². The monoisotopic (exact) mass is 514 g/mol. The number of hydrogen-bond donors (Lipinski definition) is 1. The number of allylic oxidation sites excluding steroid dienone is 2. The van der Waals surface area contributed by atoms with E-state index in [0.717, 1.165) is 38.5 Å². The van der Waals surface area contributed by atoms with Crippen LogP contribution in [0.15, 0.2) is 12.2 Å². The van der Waals surface area contributed by atoms with E-state index in [2.05, 4.69) is 23.8 Å². The summed E-state index contributed by atoms with van der Waals surface area (Å²) in [7, 11) is -6.15. The van der Waals surface area contributed by atoms with Crippen LogP contribution >= 0.6 is 7.94 Å². The van der Waals surface area contributed by atoms with Crippen molar-refractivity contribution in [3.05, 3.63) is 12.2 Å². The first-order valence-corrected chi connectivity index (χ1v) is 13.0. The quantitative estimate of drug-likeness (QED) is 0.0646. The first kappa shape index (κ1) is 38.9. The number of carbonyl (C=O) groups is 1. The van der Waals surface area contributed by atoms with Crippen LogP contribution in [0.1, 0.15) is 103 Å². The normalized spacial score (nSPS) is 12.8. The van der Waals surface area contributed by atoms with Crippen LogP contribution in [-0.2, 0) is 9.53 Å². The first-order chi connectivity index (χ1) is 14.6. The predicted octanol–water partition coefficient (Wildman–Crippen LogP) is -2.24. The zero-order valence-corrected chi connectivity index (χ0v) is 25.6. The average molecular weight is 514 g/mol. The Kier molecular flexibility index (Phi) is 27.9. The van der Waals surface area contributed by atoms with E-state index in [9.17, 15) is 33.4 Å². The summed E-state index contributed by atoms with van der Waals surface area (Å²) in [5, 5.41) is 9.34. The van der Waals surface area contributed by atoms with Crippen molar-refractivity contribution in [1.82, 2.24) is 0 Å². The van der Waals surface area contributed by atoms with E-state index in [1.807, 2.05) is 0 Å². The fourth-order valence-electron chi connectivity index (χ4n) is 3.06. The van der Waals surface area contributed by atoms with E-state index in [1.165, 1.54) is 38.5 Å². The molecule has 0 saturated heterocycles. The van der Waals surface area contributed by atoms with Gasteiger partial charge in [0.1, 0.15) is 6.61 Å². The molecule has 0 rings (SSSR count). The molecule has 33 heavy (non-hydrogen) atoms. The Labute approximate surface area is 243 Å². The largest absolute Gasteiger partial charge is 1.00 e. The molecule has 0 aromatic rings. The van der Waals surface area contributed by atoms with Crippen LogP contribution in [0.4, 0.5) is 8.78 Å². The summed E-state index contributed by atoms with van der Waals surface area (Å²) in [6, 6.07) is 0. The molecule has 11 heteroatoms. The van der Waals surface area contributed by atoms with Gasteiger partial charge in [0.05, 0.1) is 12.5 Å². The van der Waals surface area contributed by atoms with Gasteiger partial charge in [0.2, 0.25) is 0 Å². The van der Waals surface area contributed by atoms with Gasteiger partial charge in [-0.25, -0.2) is 0 Å². The van der Waals surface area contributed by atoms with Crippen molar-refractivity contribution in [2.75, 3.05) is 6.61 Å². The number of aliphatic hydroxyl groups excluding tert-OH is 1. The van der Waals surface area contributed by atoms with Gasteiger partial charge >= 0.3 is 70.7 Å². The minimum atomic E-state index is -6.15. The van der Waals surface area contributed by atoms with Crippen LogP contribution < -0.4 is 73.8 Å². The molecule has 0 aliphatic carbocycles. The average Bonchev–Trinajstić information content (AvgIpc) is 2.68. The predicted molar refractivity (Wildman–Crippen MR) is 113 cm³/mol. The maximum Gasteiger partial charge on any atom is 1.00 e. The number of hydrogen-bond acceptors (Lipinski definition) is 6. The minimum absolute atomic E-state index is 0. The Morgan fingerprint density at radius 1 is 0.909 bits per heavy atom. The molecule has 0 unspecified atom stereocenters. The van der Waals surface area contributed by atoms with Gasteiger partial charge < -0.3 is 24.5 Å². The van der Waals surface area contributed by atoms with Crippen LogP contribution in [0, 0.1) is 0 Å².